The Bertz CT molecular complexity index is 1090. The van der Waals surface area contributed by atoms with Crippen molar-refractivity contribution in [1.29, 1.82) is 10.8 Å². The maximum atomic E-state index is 9.05. The Kier molecular flexibility index (Phi) is 6.11. The van der Waals surface area contributed by atoms with E-state index in [0.29, 0.717) is 41.4 Å². The van der Waals surface area contributed by atoms with Gasteiger partial charge in [-0.1, -0.05) is 0 Å². The van der Waals surface area contributed by atoms with Crippen LogP contribution >= 0.6 is 0 Å². The molecule has 3 rings (SSSR count). The first-order valence-corrected chi connectivity index (χ1v) is 9.09. The van der Waals surface area contributed by atoms with E-state index in [2.05, 4.69) is 36.9 Å². The number of rotatable bonds is 8. The fraction of sp³-hybridized carbons (Fsp3) is 0.263. The van der Waals surface area contributed by atoms with Crippen molar-refractivity contribution in [2.75, 3.05) is 18.4 Å². The third kappa shape index (κ3) is 4.36. The number of fused-ring (bicyclic) bond motifs is 1. The van der Waals surface area contributed by atoms with Crippen LogP contribution in [0.2, 0.25) is 0 Å². The lowest BCUT2D eigenvalue weighted by Crippen LogP contribution is -2.18. The summed E-state index contributed by atoms with van der Waals surface area (Å²) in [5.41, 5.74) is 16.0. The zero-order valence-corrected chi connectivity index (χ0v) is 16.2. The topological polar surface area (TPSA) is 154 Å². The number of nitrogens with two attached hydrogens (primary N) is 1. The molecule has 148 valence electrons. The van der Waals surface area contributed by atoms with E-state index in [0.717, 1.165) is 11.1 Å². The highest BCUT2D eigenvalue weighted by molar-refractivity contribution is 5.79. The van der Waals surface area contributed by atoms with E-state index >= 15 is 0 Å². The van der Waals surface area contributed by atoms with Gasteiger partial charge in [0.05, 0.1) is 11.8 Å². The quantitative estimate of drug-likeness (QED) is 0.340. The van der Waals surface area contributed by atoms with Gasteiger partial charge in [-0.25, -0.2) is 15.5 Å². The van der Waals surface area contributed by atoms with Crippen LogP contribution in [-0.2, 0) is 0 Å². The van der Waals surface area contributed by atoms with E-state index in [1.54, 1.807) is 29.3 Å². The van der Waals surface area contributed by atoms with Gasteiger partial charge in [-0.15, -0.1) is 0 Å². The molecule has 3 heterocycles. The molecule has 0 saturated heterocycles. The average Bonchev–Trinajstić information content (AvgIpc) is 3.14. The SMILES string of the molecule is CC(C)Nc1cc(-n2ncc3cc(C#N)cnc32)ncc1/C(=C/NCCN)N=N. The number of hydrogen-bond acceptors (Lipinski definition) is 9. The van der Waals surface area contributed by atoms with E-state index in [1.807, 2.05) is 19.9 Å². The lowest BCUT2D eigenvalue weighted by atomic mass is 10.1. The first-order chi connectivity index (χ1) is 14.1. The smallest absolute Gasteiger partial charge is 0.164 e. The largest absolute Gasteiger partial charge is 0.388 e. The Morgan fingerprint density at radius 3 is 2.86 bits per heavy atom. The van der Waals surface area contributed by atoms with Gasteiger partial charge < -0.3 is 16.4 Å². The summed E-state index contributed by atoms with van der Waals surface area (Å²) in [5.74, 6) is 0.559. The van der Waals surface area contributed by atoms with Crippen LogP contribution in [0.5, 0.6) is 0 Å². The van der Waals surface area contributed by atoms with E-state index in [4.69, 9.17) is 16.5 Å². The van der Waals surface area contributed by atoms with Crippen molar-refractivity contribution in [3.8, 4) is 11.9 Å². The Balaban J connectivity index is 2.07. The van der Waals surface area contributed by atoms with Gasteiger partial charge in [0.2, 0.25) is 0 Å². The van der Waals surface area contributed by atoms with Crippen LogP contribution in [0.4, 0.5) is 5.69 Å². The highest BCUT2D eigenvalue weighted by Crippen LogP contribution is 2.27. The van der Waals surface area contributed by atoms with Crippen LogP contribution in [0.1, 0.15) is 25.0 Å². The Hall–Kier alpha value is -3.84. The van der Waals surface area contributed by atoms with Gasteiger partial charge in [-0.3, -0.25) is 0 Å². The Labute approximate surface area is 168 Å². The Morgan fingerprint density at radius 2 is 2.17 bits per heavy atom. The predicted molar refractivity (Wildman–Crippen MR) is 110 cm³/mol. The monoisotopic (exact) mass is 390 g/mol. The third-order valence-electron chi connectivity index (χ3n) is 4.01. The highest BCUT2D eigenvalue weighted by atomic mass is 15.3. The maximum absolute atomic E-state index is 9.05. The van der Waals surface area contributed by atoms with E-state index in [9.17, 15) is 0 Å². The van der Waals surface area contributed by atoms with Crippen LogP contribution in [0.3, 0.4) is 0 Å². The van der Waals surface area contributed by atoms with Gasteiger partial charge >= 0.3 is 0 Å². The molecule has 0 bridgehead atoms. The lowest BCUT2D eigenvalue weighted by Gasteiger charge is -2.16. The first kappa shape index (κ1) is 19.9. The molecule has 0 spiro atoms. The number of nitrogens with zero attached hydrogens (tertiary/aromatic N) is 6. The molecule has 5 N–H and O–H groups in total. The molecule has 0 fully saturated rings. The molecule has 0 aromatic carbocycles. The summed E-state index contributed by atoms with van der Waals surface area (Å²) in [5, 5.41) is 24.2. The standard InChI is InChI=1S/C19H22N10/c1-12(2)27-16-6-18(24-10-15(16)17(28-22)11-23-4-3-20)29-19-14(9-26-29)5-13(7-21)8-25-19/h5-6,8-12,22-23H,3-4,20H2,1-2H3,(H,24,27)/b17-11-,28-22?. The van der Waals surface area contributed by atoms with Crippen molar-refractivity contribution < 1.29 is 0 Å². The number of anilines is 1. The van der Waals surface area contributed by atoms with E-state index in [-0.39, 0.29) is 6.04 Å². The molecule has 0 saturated carbocycles. The fourth-order valence-electron chi connectivity index (χ4n) is 2.77. The number of aromatic nitrogens is 4. The zero-order chi connectivity index (χ0) is 20.8. The van der Waals surface area contributed by atoms with Crippen molar-refractivity contribution in [2.45, 2.75) is 19.9 Å². The molecule has 29 heavy (non-hydrogen) atoms. The van der Waals surface area contributed by atoms with Gasteiger partial charge in [0.25, 0.3) is 0 Å². The number of nitriles is 1. The summed E-state index contributed by atoms with van der Waals surface area (Å²) in [7, 11) is 0. The fourth-order valence-corrected chi connectivity index (χ4v) is 2.77. The van der Waals surface area contributed by atoms with Gasteiger partial charge in [0, 0.05) is 60.4 Å². The molecule has 0 radical (unpaired) electrons. The van der Waals surface area contributed by atoms with Crippen LogP contribution < -0.4 is 16.4 Å². The first-order valence-electron chi connectivity index (χ1n) is 9.09. The third-order valence-corrected chi connectivity index (χ3v) is 4.01. The van der Waals surface area contributed by atoms with Gasteiger partial charge in [-0.2, -0.15) is 20.2 Å². The normalized spacial score (nSPS) is 11.5. The van der Waals surface area contributed by atoms with Crippen molar-refractivity contribution in [1.82, 2.24) is 25.1 Å². The molecule has 0 aliphatic carbocycles. The predicted octanol–water partition coefficient (Wildman–Crippen LogP) is 2.39. The summed E-state index contributed by atoms with van der Waals surface area (Å²) in [6.07, 6.45) is 6.45. The summed E-state index contributed by atoms with van der Waals surface area (Å²) in [6, 6.07) is 5.79. The van der Waals surface area contributed by atoms with E-state index in [1.165, 1.54) is 6.20 Å². The summed E-state index contributed by atoms with van der Waals surface area (Å²) < 4.78 is 1.61. The molecular formula is C19H22N10. The lowest BCUT2D eigenvalue weighted by molar-refractivity contribution is 0.839. The van der Waals surface area contributed by atoms with E-state index < -0.39 is 0 Å². The molecule has 0 atom stereocenters. The molecule has 0 aliphatic rings. The molecule has 0 amide bonds. The van der Waals surface area contributed by atoms with Gasteiger partial charge in [0.1, 0.15) is 11.8 Å². The highest BCUT2D eigenvalue weighted by Gasteiger charge is 2.14. The molecule has 10 heteroatoms. The second-order valence-electron chi connectivity index (χ2n) is 6.58. The van der Waals surface area contributed by atoms with Crippen molar-refractivity contribution >= 4 is 22.4 Å². The minimum absolute atomic E-state index is 0.152. The van der Waals surface area contributed by atoms with Crippen molar-refractivity contribution in [3.63, 3.8) is 0 Å². The van der Waals surface area contributed by atoms with Crippen LogP contribution in [0.15, 0.2) is 42.0 Å². The van der Waals surface area contributed by atoms with Crippen molar-refractivity contribution in [3.05, 3.63) is 48.1 Å². The van der Waals surface area contributed by atoms with Gasteiger partial charge in [-0.05, 0) is 19.9 Å². The summed E-state index contributed by atoms with van der Waals surface area (Å²) >= 11 is 0. The van der Waals surface area contributed by atoms with Crippen LogP contribution in [0.25, 0.3) is 22.5 Å². The van der Waals surface area contributed by atoms with Crippen LogP contribution in [0, 0.1) is 16.9 Å². The molecule has 0 aliphatic heterocycles. The second-order valence-corrected chi connectivity index (χ2v) is 6.58. The number of nitrogens with one attached hydrogen (secondary N) is 3. The molecule has 10 nitrogen and oxygen atoms in total. The minimum atomic E-state index is 0.152. The van der Waals surface area contributed by atoms with Gasteiger partial charge in [0.15, 0.2) is 11.5 Å². The Morgan fingerprint density at radius 1 is 1.34 bits per heavy atom. The summed E-state index contributed by atoms with van der Waals surface area (Å²) in [4.78, 5) is 8.84. The average molecular weight is 390 g/mol. The second kappa shape index (κ2) is 8.90. The maximum Gasteiger partial charge on any atom is 0.164 e. The minimum Gasteiger partial charge on any atom is -0.388 e. The van der Waals surface area contributed by atoms with Crippen LogP contribution in [-0.4, -0.2) is 38.9 Å². The summed E-state index contributed by atoms with van der Waals surface area (Å²) in [6.45, 7) is 5.09. The molecular weight excluding hydrogens is 368 g/mol. The number of pyridine rings is 2. The van der Waals surface area contributed by atoms with Crippen molar-refractivity contribution in [2.24, 2.45) is 10.8 Å². The number of hydrogen-bond donors (Lipinski definition) is 4. The zero-order valence-electron chi connectivity index (χ0n) is 16.2. The molecule has 3 aromatic rings. The molecule has 3 aromatic heterocycles. The molecule has 0 unspecified atom stereocenters.